The highest BCUT2D eigenvalue weighted by Crippen LogP contribution is 2.47. The number of piperidine rings is 1. The van der Waals surface area contributed by atoms with Crippen LogP contribution in [-0.2, 0) is 4.74 Å². The van der Waals surface area contributed by atoms with Gasteiger partial charge in [-0.05, 0) is 82.0 Å². The van der Waals surface area contributed by atoms with Crippen LogP contribution in [0.2, 0.25) is 0 Å². The highest BCUT2D eigenvalue weighted by molar-refractivity contribution is 5.98. The number of hydrogen-bond acceptors (Lipinski definition) is 9. The number of aryl methyl sites for hydroxylation is 1. The Morgan fingerprint density at radius 3 is 2.31 bits per heavy atom. The molecule has 10 nitrogen and oxygen atoms in total. The molecule has 1 aromatic heterocycles. The fourth-order valence-electron chi connectivity index (χ4n) is 7.83. The van der Waals surface area contributed by atoms with E-state index in [1.54, 1.807) is 0 Å². The SMILES string of the molecule is Cc1cccc2c1C(C)N(C1CCOCC1)c1nc(Nc3ccc(N4CCC(N5CCN(C)CC5)CC4)cc3)c(C(N)=O)nc1-2. The second kappa shape index (κ2) is 12.6. The highest BCUT2D eigenvalue weighted by Gasteiger charge is 2.37. The summed E-state index contributed by atoms with van der Waals surface area (Å²) in [5, 5.41) is 3.41. The van der Waals surface area contributed by atoms with Crippen molar-refractivity contribution in [3.63, 3.8) is 0 Å². The lowest BCUT2D eigenvalue weighted by Crippen LogP contribution is -2.52. The van der Waals surface area contributed by atoms with E-state index in [2.05, 4.69) is 82.2 Å². The molecule has 4 aliphatic heterocycles. The molecule has 238 valence electrons. The predicted octanol–water partition coefficient (Wildman–Crippen LogP) is 4.57. The number of nitrogens with one attached hydrogen (secondary N) is 1. The molecule has 1 atom stereocenters. The second-order valence-electron chi connectivity index (χ2n) is 13.1. The Hall–Kier alpha value is -3.73. The molecule has 45 heavy (non-hydrogen) atoms. The second-order valence-corrected chi connectivity index (χ2v) is 13.1. The number of likely N-dealkylation sites (N-methyl/N-ethyl adjacent to an activating group) is 1. The maximum Gasteiger partial charge on any atom is 0.271 e. The van der Waals surface area contributed by atoms with E-state index >= 15 is 0 Å². The van der Waals surface area contributed by atoms with Gasteiger partial charge in [-0.25, -0.2) is 9.97 Å². The highest BCUT2D eigenvalue weighted by atomic mass is 16.5. The van der Waals surface area contributed by atoms with Crippen molar-refractivity contribution in [3.05, 3.63) is 59.3 Å². The van der Waals surface area contributed by atoms with Gasteiger partial charge in [0, 0.05) is 81.5 Å². The number of rotatable bonds is 6. The molecule has 0 radical (unpaired) electrons. The van der Waals surface area contributed by atoms with Crippen molar-refractivity contribution in [1.82, 2.24) is 19.8 Å². The number of carbonyl (C=O) groups is 1. The molecule has 4 aliphatic rings. The van der Waals surface area contributed by atoms with Gasteiger partial charge in [0.05, 0.1) is 6.04 Å². The van der Waals surface area contributed by atoms with Gasteiger partial charge in [-0.15, -0.1) is 0 Å². The molecule has 3 aromatic rings. The summed E-state index contributed by atoms with van der Waals surface area (Å²) in [6.45, 7) is 12.6. The van der Waals surface area contributed by atoms with Crippen molar-refractivity contribution in [2.75, 3.05) is 74.6 Å². The first kappa shape index (κ1) is 30.0. The van der Waals surface area contributed by atoms with Crippen LogP contribution in [0.4, 0.5) is 23.0 Å². The van der Waals surface area contributed by atoms with Gasteiger partial charge in [-0.3, -0.25) is 9.69 Å². The molecule has 1 amide bonds. The summed E-state index contributed by atoms with van der Waals surface area (Å²) < 4.78 is 5.71. The van der Waals surface area contributed by atoms with Gasteiger partial charge in [0.15, 0.2) is 17.3 Å². The average molecular weight is 611 g/mol. The summed E-state index contributed by atoms with van der Waals surface area (Å²) in [5.74, 6) is 0.584. The number of nitrogens with two attached hydrogens (primary N) is 1. The Balaban J connectivity index is 1.14. The lowest BCUT2D eigenvalue weighted by molar-refractivity contribution is 0.0826. The predicted molar refractivity (Wildman–Crippen MR) is 179 cm³/mol. The van der Waals surface area contributed by atoms with Crippen LogP contribution in [-0.4, -0.2) is 97.3 Å². The van der Waals surface area contributed by atoms with E-state index in [9.17, 15) is 4.79 Å². The third-order valence-corrected chi connectivity index (χ3v) is 10.4. The fraction of sp³-hybridized carbons (Fsp3) is 0.514. The Morgan fingerprint density at radius 1 is 0.911 bits per heavy atom. The first-order valence-electron chi connectivity index (χ1n) is 16.6. The van der Waals surface area contributed by atoms with E-state index in [4.69, 9.17) is 20.4 Å². The number of aromatic nitrogens is 2. The van der Waals surface area contributed by atoms with Gasteiger partial charge in [-0.1, -0.05) is 18.2 Å². The van der Waals surface area contributed by atoms with Crippen LogP contribution in [0.1, 0.15) is 60.3 Å². The van der Waals surface area contributed by atoms with Crippen LogP contribution in [0.15, 0.2) is 42.5 Å². The van der Waals surface area contributed by atoms with E-state index in [1.807, 2.05) is 6.07 Å². The van der Waals surface area contributed by atoms with Gasteiger partial charge >= 0.3 is 0 Å². The Kier molecular flexibility index (Phi) is 8.37. The minimum Gasteiger partial charge on any atom is -0.381 e. The van der Waals surface area contributed by atoms with Gasteiger partial charge in [0.25, 0.3) is 5.91 Å². The summed E-state index contributed by atoms with van der Waals surface area (Å²) in [6, 6.07) is 15.8. The number of hydrogen-bond donors (Lipinski definition) is 2. The van der Waals surface area contributed by atoms with Crippen molar-refractivity contribution in [3.8, 4) is 11.3 Å². The van der Waals surface area contributed by atoms with Crippen molar-refractivity contribution in [2.24, 2.45) is 5.73 Å². The number of piperazine rings is 1. The largest absolute Gasteiger partial charge is 0.381 e. The molecule has 3 saturated heterocycles. The molecule has 10 heteroatoms. The van der Waals surface area contributed by atoms with Crippen molar-refractivity contribution in [2.45, 2.75) is 57.7 Å². The number of benzene rings is 2. The van der Waals surface area contributed by atoms with Crippen LogP contribution in [0.3, 0.4) is 0 Å². The zero-order chi connectivity index (χ0) is 31.1. The third-order valence-electron chi connectivity index (χ3n) is 10.4. The maximum atomic E-state index is 12.8. The van der Waals surface area contributed by atoms with Crippen LogP contribution in [0.25, 0.3) is 11.3 Å². The normalized spacial score (nSPS) is 21.8. The number of anilines is 4. The number of ether oxygens (including phenoxy) is 1. The van der Waals surface area contributed by atoms with Gasteiger partial charge in [0.2, 0.25) is 0 Å². The molecule has 0 aliphatic carbocycles. The van der Waals surface area contributed by atoms with Crippen LogP contribution in [0, 0.1) is 6.92 Å². The Labute approximate surface area is 266 Å². The summed E-state index contributed by atoms with van der Waals surface area (Å²) >= 11 is 0. The molecule has 3 N–H and O–H groups in total. The van der Waals surface area contributed by atoms with E-state index in [-0.39, 0.29) is 17.8 Å². The molecule has 7 rings (SSSR count). The van der Waals surface area contributed by atoms with Crippen LogP contribution < -0.4 is 20.9 Å². The molecular weight excluding hydrogens is 564 g/mol. The third kappa shape index (κ3) is 5.87. The minimum atomic E-state index is -0.599. The van der Waals surface area contributed by atoms with Gasteiger partial charge in [-0.2, -0.15) is 0 Å². The average Bonchev–Trinajstić information content (AvgIpc) is 3.06. The van der Waals surface area contributed by atoms with Gasteiger partial charge < -0.3 is 30.5 Å². The standard InChI is InChI=1S/C35H46N8O2/c1-23-5-4-6-29-30(23)24(2)43(28-13-21-45-22-14-28)35-31(29)38-32(33(36)44)34(39-35)37-25-7-9-26(10-8-25)41-15-11-27(12-16-41)42-19-17-40(3)18-20-42/h4-10,24,27-28H,11-22H2,1-3H3,(H2,36,44)(H,37,39). The van der Waals surface area contributed by atoms with E-state index < -0.39 is 5.91 Å². The first-order valence-corrected chi connectivity index (χ1v) is 16.6. The zero-order valence-electron chi connectivity index (χ0n) is 26.8. The van der Waals surface area contributed by atoms with Gasteiger partial charge in [0.1, 0.15) is 5.69 Å². The monoisotopic (exact) mass is 610 g/mol. The molecule has 0 spiro atoms. The summed E-state index contributed by atoms with van der Waals surface area (Å²) in [5.41, 5.74) is 12.3. The van der Waals surface area contributed by atoms with E-state index in [0.717, 1.165) is 56.2 Å². The first-order chi connectivity index (χ1) is 21.9. The van der Waals surface area contributed by atoms with Crippen molar-refractivity contribution < 1.29 is 9.53 Å². The quantitative estimate of drug-likeness (QED) is 0.416. The van der Waals surface area contributed by atoms with E-state index in [1.165, 1.54) is 55.8 Å². The molecular formula is C35H46N8O2. The number of fused-ring (bicyclic) bond motifs is 3. The summed E-state index contributed by atoms with van der Waals surface area (Å²) in [7, 11) is 2.22. The van der Waals surface area contributed by atoms with Crippen LogP contribution in [0.5, 0.6) is 0 Å². The number of primary amides is 1. The topological polar surface area (TPSA) is 103 Å². The summed E-state index contributed by atoms with van der Waals surface area (Å²) in [6.07, 6.45) is 4.23. The maximum absolute atomic E-state index is 12.8. The Morgan fingerprint density at radius 2 is 1.62 bits per heavy atom. The van der Waals surface area contributed by atoms with E-state index in [0.29, 0.717) is 17.6 Å². The van der Waals surface area contributed by atoms with Crippen molar-refractivity contribution >= 4 is 28.9 Å². The van der Waals surface area contributed by atoms with Crippen LogP contribution >= 0.6 is 0 Å². The molecule has 1 unspecified atom stereocenters. The Bertz CT molecular complexity index is 1520. The number of amides is 1. The molecule has 2 aromatic carbocycles. The zero-order valence-corrected chi connectivity index (χ0v) is 26.8. The summed E-state index contributed by atoms with van der Waals surface area (Å²) in [4.78, 5) is 32.8. The smallest absolute Gasteiger partial charge is 0.271 e. The fourth-order valence-corrected chi connectivity index (χ4v) is 7.83. The molecule has 3 fully saturated rings. The minimum absolute atomic E-state index is 0.109. The number of nitrogens with zero attached hydrogens (tertiary/aromatic N) is 6. The lowest BCUT2D eigenvalue weighted by atomic mass is 9.88. The number of carbonyl (C=O) groups excluding carboxylic acids is 1. The molecule has 0 bridgehead atoms. The lowest BCUT2D eigenvalue weighted by Gasteiger charge is -2.44. The molecule has 0 saturated carbocycles. The van der Waals surface area contributed by atoms with Crippen molar-refractivity contribution in [1.29, 1.82) is 0 Å². The molecule has 5 heterocycles.